The number of aryl methyl sites for hydroxylation is 2. The molecule has 0 aliphatic rings. The van der Waals surface area contributed by atoms with Gasteiger partial charge in [-0.2, -0.15) is 5.10 Å². The highest BCUT2D eigenvalue weighted by molar-refractivity contribution is 6.04. The third-order valence-electron chi connectivity index (χ3n) is 5.04. The maximum Gasteiger partial charge on any atom is 0.259 e. The summed E-state index contributed by atoms with van der Waals surface area (Å²) >= 11 is 0. The van der Waals surface area contributed by atoms with Gasteiger partial charge in [-0.15, -0.1) is 0 Å². The van der Waals surface area contributed by atoms with Crippen molar-refractivity contribution in [3.63, 3.8) is 0 Å². The molecule has 0 unspecified atom stereocenters. The van der Waals surface area contributed by atoms with Gasteiger partial charge in [-0.3, -0.25) is 19.8 Å². The van der Waals surface area contributed by atoms with E-state index in [2.05, 4.69) is 20.6 Å². The normalized spacial score (nSPS) is 11.5. The lowest BCUT2D eigenvalue weighted by Crippen LogP contribution is -2.37. The first kappa shape index (κ1) is 22.2. The number of nitrogens with one attached hydrogen (secondary N) is 2. The summed E-state index contributed by atoms with van der Waals surface area (Å²) in [6.07, 6.45) is 3.11. The molecule has 0 aliphatic heterocycles. The molecule has 3 aromatic heterocycles. The van der Waals surface area contributed by atoms with Gasteiger partial charge in [0.05, 0.1) is 41.1 Å². The summed E-state index contributed by atoms with van der Waals surface area (Å²) < 4.78 is 6.93. The van der Waals surface area contributed by atoms with Gasteiger partial charge in [0.25, 0.3) is 5.91 Å². The molecular weight excluding hydrogens is 396 g/mol. The van der Waals surface area contributed by atoms with E-state index in [0.29, 0.717) is 22.7 Å². The molecule has 10 nitrogen and oxygen atoms in total. The second-order valence-electron chi connectivity index (χ2n) is 8.48. The van der Waals surface area contributed by atoms with Crippen LogP contribution >= 0.6 is 0 Å². The fourth-order valence-electron chi connectivity index (χ4n) is 2.94. The van der Waals surface area contributed by atoms with Crippen LogP contribution in [0.3, 0.4) is 0 Å². The van der Waals surface area contributed by atoms with Crippen LogP contribution < -0.4 is 16.2 Å². The van der Waals surface area contributed by atoms with Crippen LogP contribution in [-0.2, 0) is 12.5 Å². The quantitative estimate of drug-likeness (QED) is 0.314. The van der Waals surface area contributed by atoms with E-state index < -0.39 is 5.91 Å². The van der Waals surface area contributed by atoms with Crippen molar-refractivity contribution < 1.29 is 9.32 Å². The maximum absolute atomic E-state index is 12.7. The van der Waals surface area contributed by atoms with Crippen LogP contribution in [0.1, 0.15) is 53.8 Å². The van der Waals surface area contributed by atoms with Gasteiger partial charge in [-0.1, -0.05) is 25.9 Å². The minimum atomic E-state index is -0.392. The molecule has 3 aromatic rings. The Hall–Kier alpha value is -3.53. The summed E-state index contributed by atoms with van der Waals surface area (Å²) in [7, 11) is 1.82. The van der Waals surface area contributed by atoms with Gasteiger partial charge in [0.15, 0.2) is 0 Å². The first-order valence-electron chi connectivity index (χ1n) is 9.81. The van der Waals surface area contributed by atoms with Crippen LogP contribution in [0.5, 0.6) is 0 Å². The fraction of sp³-hybridized carbons (Fsp3) is 0.381. The number of anilines is 2. The molecule has 31 heavy (non-hydrogen) atoms. The molecule has 1 amide bonds. The molecular formula is C21H28N8O2. The van der Waals surface area contributed by atoms with E-state index in [9.17, 15) is 4.79 Å². The average Bonchev–Trinajstić information content (AvgIpc) is 3.29. The molecule has 4 N–H and O–H groups in total. The summed E-state index contributed by atoms with van der Waals surface area (Å²) in [5.41, 5.74) is 3.97. The van der Waals surface area contributed by atoms with Crippen LogP contribution in [0, 0.1) is 19.3 Å². The molecule has 10 heteroatoms. The van der Waals surface area contributed by atoms with Crippen molar-refractivity contribution in [1.82, 2.24) is 19.9 Å². The molecule has 0 saturated heterocycles. The molecule has 3 heterocycles. The van der Waals surface area contributed by atoms with Crippen LogP contribution in [0.15, 0.2) is 29.0 Å². The zero-order chi connectivity index (χ0) is 22.9. The fourth-order valence-corrected chi connectivity index (χ4v) is 2.94. The molecule has 164 valence electrons. The van der Waals surface area contributed by atoms with Crippen molar-refractivity contribution in [2.45, 2.75) is 40.0 Å². The number of rotatable bonds is 6. The number of amides is 1. The monoisotopic (exact) mass is 424 g/mol. The second kappa shape index (κ2) is 8.31. The van der Waals surface area contributed by atoms with E-state index in [0.717, 1.165) is 17.0 Å². The summed E-state index contributed by atoms with van der Waals surface area (Å²) in [5.74, 6) is 6.10. The Labute approximate surface area is 180 Å². The van der Waals surface area contributed by atoms with Gasteiger partial charge in [0.2, 0.25) is 5.88 Å². The highest BCUT2D eigenvalue weighted by atomic mass is 16.5. The Kier molecular flexibility index (Phi) is 5.94. The maximum atomic E-state index is 12.7. The molecule has 0 fully saturated rings. The summed E-state index contributed by atoms with van der Waals surface area (Å²) in [6.45, 7) is 9.84. The first-order chi connectivity index (χ1) is 14.5. The van der Waals surface area contributed by atoms with Crippen molar-refractivity contribution in [2.75, 3.05) is 16.9 Å². The Morgan fingerprint density at radius 1 is 1.29 bits per heavy atom. The number of nitrogens with two attached hydrogens (primary N) is 1. The van der Waals surface area contributed by atoms with Gasteiger partial charge in [-0.25, -0.2) is 5.84 Å². The highest BCUT2D eigenvalue weighted by Gasteiger charge is 2.21. The third-order valence-corrected chi connectivity index (χ3v) is 5.04. The lowest BCUT2D eigenvalue weighted by atomic mass is 9.92. The molecule has 0 aromatic carbocycles. The van der Waals surface area contributed by atoms with E-state index in [1.807, 2.05) is 34.7 Å². The van der Waals surface area contributed by atoms with E-state index in [-0.39, 0.29) is 17.8 Å². The largest absolute Gasteiger partial charge is 0.338 e. The smallest absolute Gasteiger partial charge is 0.259 e. The van der Waals surface area contributed by atoms with Crippen molar-refractivity contribution in [1.29, 1.82) is 5.41 Å². The number of carbonyl (C=O) groups is 1. The second-order valence-corrected chi connectivity index (χ2v) is 8.48. The van der Waals surface area contributed by atoms with Gasteiger partial charge in [0.1, 0.15) is 0 Å². The number of carbonyl (C=O) groups excluding carboxylic acids is 1. The van der Waals surface area contributed by atoms with Crippen molar-refractivity contribution in [3.05, 3.63) is 52.7 Å². The molecule has 0 bridgehead atoms. The summed E-state index contributed by atoms with van der Waals surface area (Å²) in [5, 5.41) is 20.6. The lowest BCUT2D eigenvalue weighted by molar-refractivity contribution is 0.102. The average molecular weight is 425 g/mol. The molecule has 0 aliphatic carbocycles. The topological polar surface area (TPSA) is 139 Å². The van der Waals surface area contributed by atoms with Gasteiger partial charge in [-0.05, 0) is 19.9 Å². The van der Waals surface area contributed by atoms with E-state index in [4.69, 9.17) is 15.8 Å². The van der Waals surface area contributed by atoms with Crippen LogP contribution in [0.4, 0.5) is 11.6 Å². The van der Waals surface area contributed by atoms with Gasteiger partial charge < -0.3 is 14.9 Å². The SMILES string of the molecule is Cc1ncc(C(=O)Nc2cc(C(C)(C)C)no2)cc1N(N)CC(=N)c1cnn(C)c1C. The summed E-state index contributed by atoms with van der Waals surface area (Å²) in [4.78, 5) is 17.0. The van der Waals surface area contributed by atoms with Crippen LogP contribution in [-0.4, -0.2) is 38.1 Å². The predicted octanol–water partition coefficient (Wildman–Crippen LogP) is 2.72. The number of pyridine rings is 1. The van der Waals surface area contributed by atoms with E-state index in [1.165, 1.54) is 11.2 Å². The Morgan fingerprint density at radius 3 is 2.58 bits per heavy atom. The third kappa shape index (κ3) is 4.80. The van der Waals surface area contributed by atoms with Crippen molar-refractivity contribution >= 4 is 23.2 Å². The predicted molar refractivity (Wildman–Crippen MR) is 118 cm³/mol. The van der Waals surface area contributed by atoms with Crippen molar-refractivity contribution in [3.8, 4) is 0 Å². The van der Waals surface area contributed by atoms with Crippen LogP contribution in [0.25, 0.3) is 0 Å². The van der Waals surface area contributed by atoms with Crippen LogP contribution in [0.2, 0.25) is 0 Å². The molecule has 3 rings (SSSR count). The van der Waals surface area contributed by atoms with E-state index >= 15 is 0 Å². The minimum absolute atomic E-state index is 0.136. The minimum Gasteiger partial charge on any atom is -0.338 e. The zero-order valence-electron chi connectivity index (χ0n) is 18.6. The Balaban J connectivity index is 1.76. The number of hydrogen-bond acceptors (Lipinski definition) is 8. The number of nitrogens with zero attached hydrogens (tertiary/aromatic N) is 5. The zero-order valence-corrected chi connectivity index (χ0v) is 18.6. The van der Waals surface area contributed by atoms with Gasteiger partial charge >= 0.3 is 0 Å². The molecule has 0 atom stereocenters. The van der Waals surface area contributed by atoms with Crippen molar-refractivity contribution in [2.24, 2.45) is 12.9 Å². The molecule has 0 spiro atoms. The van der Waals surface area contributed by atoms with Gasteiger partial charge in [0, 0.05) is 36.0 Å². The highest BCUT2D eigenvalue weighted by Crippen LogP contribution is 2.24. The first-order valence-corrected chi connectivity index (χ1v) is 9.81. The number of aromatic nitrogens is 4. The van der Waals surface area contributed by atoms with E-state index in [1.54, 1.807) is 29.9 Å². The lowest BCUT2D eigenvalue weighted by Gasteiger charge is -2.21. The molecule has 0 radical (unpaired) electrons. The number of hydrogen-bond donors (Lipinski definition) is 3. The standard InChI is InChI=1S/C21H28N8O2/c1-12-17(29(23)11-16(22)15-10-25-28(6)13(15)2)7-14(9-24-12)20(30)26-19-8-18(27-31-19)21(3,4)5/h7-10,22H,11,23H2,1-6H3,(H,26,30). The Bertz CT molecular complexity index is 1120. The molecule has 0 saturated carbocycles. The summed E-state index contributed by atoms with van der Waals surface area (Å²) in [6, 6.07) is 3.34. The Morgan fingerprint density at radius 2 is 2.00 bits per heavy atom. The number of hydrazine groups is 1.